The van der Waals surface area contributed by atoms with Gasteiger partial charge in [-0.1, -0.05) is 0 Å². The maximum absolute atomic E-state index is 13.1. The maximum Gasteiger partial charge on any atom is 0.286 e. The van der Waals surface area contributed by atoms with Gasteiger partial charge in [0, 0.05) is 11.6 Å². The minimum Gasteiger partial charge on any atom is -0.493 e. The van der Waals surface area contributed by atoms with Gasteiger partial charge in [0.15, 0.2) is 11.5 Å². The van der Waals surface area contributed by atoms with Gasteiger partial charge in [0.05, 0.1) is 24.7 Å². The first-order chi connectivity index (χ1) is 12.9. The Balaban J connectivity index is 1.64. The van der Waals surface area contributed by atoms with Gasteiger partial charge in [0.25, 0.3) is 11.6 Å². The van der Waals surface area contributed by atoms with E-state index in [1.807, 2.05) is 0 Å². The monoisotopic (exact) mass is 374 g/mol. The molecule has 146 valence electrons. The number of nitrogens with zero attached hydrogens (tertiary/aromatic N) is 1. The zero-order valence-electron chi connectivity index (χ0n) is 15.8. The van der Waals surface area contributed by atoms with Crippen molar-refractivity contribution >= 4 is 11.6 Å². The van der Waals surface area contributed by atoms with Gasteiger partial charge in [-0.15, -0.1) is 0 Å². The quantitative estimate of drug-likeness (QED) is 0.606. The molecule has 27 heavy (non-hydrogen) atoms. The van der Waals surface area contributed by atoms with Gasteiger partial charge in [0.1, 0.15) is 5.56 Å². The summed E-state index contributed by atoms with van der Waals surface area (Å²) >= 11 is 0. The molecule has 0 saturated heterocycles. The summed E-state index contributed by atoms with van der Waals surface area (Å²) in [5.74, 6) is 2.27. The molecule has 5 rings (SSSR count). The van der Waals surface area contributed by atoms with E-state index in [9.17, 15) is 14.9 Å². The molecule has 1 aromatic rings. The van der Waals surface area contributed by atoms with Crippen LogP contribution in [0.15, 0.2) is 12.1 Å². The van der Waals surface area contributed by atoms with Crippen molar-refractivity contribution in [1.29, 1.82) is 0 Å². The Morgan fingerprint density at radius 2 is 1.78 bits per heavy atom. The van der Waals surface area contributed by atoms with Crippen LogP contribution in [0.3, 0.4) is 0 Å². The van der Waals surface area contributed by atoms with Crippen LogP contribution < -0.4 is 14.8 Å². The lowest BCUT2D eigenvalue weighted by Gasteiger charge is -2.56. The van der Waals surface area contributed by atoms with Crippen molar-refractivity contribution in [2.24, 2.45) is 17.8 Å². The highest BCUT2D eigenvalue weighted by Gasteiger charge is 2.51. The van der Waals surface area contributed by atoms with E-state index in [4.69, 9.17) is 9.47 Å². The Morgan fingerprint density at radius 1 is 1.19 bits per heavy atom. The highest BCUT2D eigenvalue weighted by molar-refractivity contribution is 5.99. The second-order valence-corrected chi connectivity index (χ2v) is 8.36. The van der Waals surface area contributed by atoms with Crippen LogP contribution in [0.5, 0.6) is 11.5 Å². The van der Waals surface area contributed by atoms with Gasteiger partial charge < -0.3 is 14.8 Å². The molecule has 7 heteroatoms. The van der Waals surface area contributed by atoms with E-state index < -0.39 is 4.92 Å². The molecule has 4 fully saturated rings. The smallest absolute Gasteiger partial charge is 0.286 e. The number of methoxy groups -OCH3 is 1. The number of amides is 1. The van der Waals surface area contributed by atoms with Crippen LogP contribution in [0.4, 0.5) is 5.69 Å². The highest BCUT2D eigenvalue weighted by atomic mass is 16.6. The number of ether oxygens (including phenoxy) is 2. The van der Waals surface area contributed by atoms with E-state index in [2.05, 4.69) is 5.32 Å². The van der Waals surface area contributed by atoms with E-state index in [-0.39, 0.29) is 28.4 Å². The van der Waals surface area contributed by atoms with Crippen molar-refractivity contribution in [3.63, 3.8) is 0 Å². The lowest BCUT2D eigenvalue weighted by atomic mass is 9.53. The zero-order chi connectivity index (χ0) is 19.2. The number of nitro groups is 1. The first kappa shape index (κ1) is 18.1. The Hall–Kier alpha value is -2.31. The molecule has 1 aromatic carbocycles. The fourth-order valence-electron chi connectivity index (χ4n) is 5.88. The molecule has 7 nitrogen and oxygen atoms in total. The highest BCUT2D eigenvalue weighted by Crippen LogP contribution is 2.55. The van der Waals surface area contributed by atoms with Gasteiger partial charge in [-0.2, -0.15) is 0 Å². The van der Waals surface area contributed by atoms with Crippen LogP contribution in [0.1, 0.15) is 55.8 Å². The van der Waals surface area contributed by atoms with Crippen LogP contribution >= 0.6 is 0 Å². The molecule has 1 amide bonds. The topological polar surface area (TPSA) is 90.7 Å². The second kappa shape index (κ2) is 6.69. The summed E-state index contributed by atoms with van der Waals surface area (Å²) in [4.78, 5) is 24.1. The van der Waals surface area contributed by atoms with E-state index in [0.29, 0.717) is 30.1 Å². The molecule has 0 aromatic heterocycles. The van der Waals surface area contributed by atoms with Crippen LogP contribution in [-0.2, 0) is 0 Å². The lowest BCUT2D eigenvalue weighted by molar-refractivity contribution is -0.385. The molecule has 4 saturated carbocycles. The molecule has 0 aliphatic heterocycles. The van der Waals surface area contributed by atoms with Gasteiger partial charge in [-0.25, -0.2) is 0 Å². The van der Waals surface area contributed by atoms with Crippen LogP contribution in [-0.4, -0.2) is 30.1 Å². The van der Waals surface area contributed by atoms with E-state index in [1.54, 1.807) is 6.92 Å². The van der Waals surface area contributed by atoms with Crippen molar-refractivity contribution in [3.8, 4) is 11.5 Å². The Kier molecular flexibility index (Phi) is 4.48. The first-order valence-electron chi connectivity index (χ1n) is 9.74. The summed E-state index contributed by atoms with van der Waals surface area (Å²) in [6.07, 6.45) is 6.79. The third-order valence-electron chi connectivity index (χ3n) is 6.44. The van der Waals surface area contributed by atoms with Gasteiger partial charge in [-0.3, -0.25) is 14.9 Å². The van der Waals surface area contributed by atoms with Crippen molar-refractivity contribution in [2.75, 3.05) is 13.7 Å². The van der Waals surface area contributed by atoms with E-state index >= 15 is 0 Å². The first-order valence-corrected chi connectivity index (χ1v) is 9.74. The van der Waals surface area contributed by atoms with Gasteiger partial charge >= 0.3 is 0 Å². The predicted molar refractivity (Wildman–Crippen MR) is 99.2 cm³/mol. The summed E-state index contributed by atoms with van der Waals surface area (Å²) in [6.45, 7) is 2.14. The molecule has 4 aliphatic rings. The molecule has 4 bridgehead atoms. The lowest BCUT2D eigenvalue weighted by Crippen LogP contribution is -2.59. The molecule has 4 aliphatic carbocycles. The number of carbonyl (C=O) groups excluding carboxylic acids is 1. The molecule has 0 unspecified atom stereocenters. The summed E-state index contributed by atoms with van der Waals surface area (Å²) < 4.78 is 10.7. The standard InChI is InChI=1S/C20H26N2O5/c1-3-27-18-8-16(22(24)25)15(7-17(18)26-2)19(23)21-20-9-12-4-13(10-20)6-14(5-12)11-20/h7-8,12-14H,3-6,9-11H2,1-2H3,(H,21,23). The largest absolute Gasteiger partial charge is 0.493 e. The molecule has 0 spiro atoms. The van der Waals surface area contributed by atoms with Crippen LogP contribution in [0, 0.1) is 27.9 Å². The van der Waals surface area contributed by atoms with Crippen molar-refractivity contribution in [1.82, 2.24) is 5.32 Å². The summed E-state index contributed by atoms with van der Waals surface area (Å²) in [6, 6.07) is 2.72. The average molecular weight is 374 g/mol. The Labute approximate surface area is 158 Å². The van der Waals surface area contributed by atoms with Crippen LogP contribution in [0.25, 0.3) is 0 Å². The fourth-order valence-corrected chi connectivity index (χ4v) is 5.88. The van der Waals surface area contributed by atoms with Crippen molar-refractivity contribution < 1.29 is 19.2 Å². The van der Waals surface area contributed by atoms with Gasteiger partial charge in [0.2, 0.25) is 0 Å². The van der Waals surface area contributed by atoms with Crippen LogP contribution in [0.2, 0.25) is 0 Å². The number of hydrogen-bond donors (Lipinski definition) is 1. The minimum absolute atomic E-state index is 0.0380. The molecule has 0 atom stereocenters. The van der Waals surface area contributed by atoms with E-state index in [1.165, 1.54) is 38.5 Å². The van der Waals surface area contributed by atoms with Gasteiger partial charge in [-0.05, 0) is 63.2 Å². The average Bonchev–Trinajstić information content (AvgIpc) is 2.59. The van der Waals surface area contributed by atoms with E-state index in [0.717, 1.165) is 19.3 Å². The number of nitrogens with one attached hydrogen (secondary N) is 1. The predicted octanol–water partition coefficient (Wildman–Crippen LogP) is 3.70. The normalized spacial score (nSPS) is 30.8. The number of rotatable bonds is 6. The number of nitro benzene ring substituents is 1. The third kappa shape index (κ3) is 3.24. The molecule has 0 radical (unpaired) electrons. The summed E-state index contributed by atoms with van der Waals surface area (Å²) in [5.41, 5.74) is -0.413. The molecular weight excluding hydrogens is 348 g/mol. The Morgan fingerprint density at radius 3 is 2.26 bits per heavy atom. The SMILES string of the molecule is CCOc1cc([N+](=O)[O-])c(C(=O)NC23CC4CC(CC(C4)C2)C3)cc1OC. The maximum atomic E-state index is 13.1. The molecular formula is C20H26N2O5. The summed E-state index contributed by atoms with van der Waals surface area (Å²) in [7, 11) is 1.46. The van der Waals surface area contributed by atoms with Crippen molar-refractivity contribution in [3.05, 3.63) is 27.8 Å². The molecule has 0 heterocycles. The number of carbonyl (C=O) groups is 1. The molecule has 1 N–H and O–H groups in total. The van der Waals surface area contributed by atoms with Crippen molar-refractivity contribution in [2.45, 2.75) is 51.0 Å². The number of benzene rings is 1. The number of hydrogen-bond acceptors (Lipinski definition) is 5. The third-order valence-corrected chi connectivity index (χ3v) is 6.44. The summed E-state index contributed by atoms with van der Waals surface area (Å²) in [5, 5.41) is 14.8. The minimum atomic E-state index is -0.531. The fraction of sp³-hybridized carbons (Fsp3) is 0.650. The second-order valence-electron chi connectivity index (χ2n) is 8.36. The Bertz CT molecular complexity index is 741. The zero-order valence-corrected chi connectivity index (χ0v) is 15.8.